The standard InChI is InChI=1S/C28H27F3N4O4S/c1-16-12-18(17(2)35(16)21-9-7-20(8-10-21)33(3)4)13-24-26(37)34(27(38)40-24)15-25(36)32-22-14-19(28(29,30)31)6-11-23(22)39-5/h6-14H,15H2,1-5H3,(H,32,36)/b24-13-. The molecule has 0 radical (unpaired) electrons. The molecule has 3 aromatic rings. The van der Waals surface area contributed by atoms with E-state index in [0.717, 1.165) is 51.4 Å². The number of carbonyl (C=O) groups is 3. The number of alkyl halides is 3. The van der Waals surface area contributed by atoms with E-state index in [1.165, 1.54) is 7.11 Å². The molecule has 3 amide bonds. The monoisotopic (exact) mass is 572 g/mol. The molecule has 1 aliphatic rings. The Balaban J connectivity index is 1.52. The van der Waals surface area contributed by atoms with Crippen LogP contribution < -0.4 is 15.0 Å². The summed E-state index contributed by atoms with van der Waals surface area (Å²) in [5, 5.41) is 1.65. The second-order valence-corrected chi connectivity index (χ2v) is 10.3. The van der Waals surface area contributed by atoms with Crippen LogP contribution in [0.15, 0.2) is 53.4 Å². The van der Waals surface area contributed by atoms with Gasteiger partial charge >= 0.3 is 6.18 Å². The van der Waals surface area contributed by atoms with E-state index in [1.807, 2.05) is 67.7 Å². The van der Waals surface area contributed by atoms with Crippen LogP contribution in [0.3, 0.4) is 0 Å². The number of nitrogens with zero attached hydrogens (tertiary/aromatic N) is 3. The SMILES string of the molecule is COc1ccc(C(F)(F)F)cc1NC(=O)CN1C(=O)S/C(=C\c2cc(C)n(-c3ccc(N(C)C)cc3)c2C)C1=O. The highest BCUT2D eigenvalue weighted by molar-refractivity contribution is 8.18. The van der Waals surface area contributed by atoms with E-state index < -0.39 is 35.3 Å². The Morgan fingerprint density at radius 1 is 1.07 bits per heavy atom. The minimum atomic E-state index is -4.63. The Kier molecular flexibility index (Phi) is 8.01. The van der Waals surface area contributed by atoms with E-state index in [4.69, 9.17) is 4.74 Å². The molecule has 1 saturated heterocycles. The summed E-state index contributed by atoms with van der Waals surface area (Å²) in [6.07, 6.45) is -3.03. The Morgan fingerprint density at radius 3 is 2.35 bits per heavy atom. The molecule has 0 spiro atoms. The number of imide groups is 1. The maximum atomic E-state index is 13.1. The molecule has 1 aromatic heterocycles. The molecule has 12 heteroatoms. The van der Waals surface area contributed by atoms with Crippen LogP contribution in [0.5, 0.6) is 5.75 Å². The molecular formula is C28H27F3N4O4S. The summed E-state index contributed by atoms with van der Waals surface area (Å²) < 4.78 is 46.4. The first kappa shape index (κ1) is 28.8. The number of aryl methyl sites for hydroxylation is 1. The molecule has 0 aliphatic carbocycles. The largest absolute Gasteiger partial charge is 0.495 e. The lowest BCUT2D eigenvalue weighted by Gasteiger charge is -2.16. The summed E-state index contributed by atoms with van der Waals surface area (Å²) >= 11 is 0.693. The van der Waals surface area contributed by atoms with Gasteiger partial charge < -0.3 is 19.5 Å². The predicted molar refractivity (Wildman–Crippen MR) is 149 cm³/mol. The number of rotatable bonds is 7. The van der Waals surface area contributed by atoms with Crippen molar-refractivity contribution in [2.75, 3.05) is 38.0 Å². The number of hydrogen-bond acceptors (Lipinski definition) is 6. The Bertz CT molecular complexity index is 1510. The van der Waals surface area contributed by atoms with Gasteiger partial charge in [0, 0.05) is 36.9 Å². The number of thioether (sulfide) groups is 1. The Hall–Kier alpha value is -4.19. The fraction of sp³-hybridized carbons (Fsp3) is 0.250. The first-order chi connectivity index (χ1) is 18.8. The molecule has 4 rings (SSSR count). The quantitative estimate of drug-likeness (QED) is 0.357. The number of amides is 3. The van der Waals surface area contributed by atoms with E-state index >= 15 is 0 Å². The molecule has 1 fully saturated rings. The van der Waals surface area contributed by atoms with Gasteiger partial charge in [-0.2, -0.15) is 13.2 Å². The molecule has 2 aromatic carbocycles. The van der Waals surface area contributed by atoms with Crippen LogP contribution in [0.1, 0.15) is 22.5 Å². The molecule has 0 unspecified atom stereocenters. The smallest absolute Gasteiger partial charge is 0.416 e. The first-order valence-corrected chi connectivity index (χ1v) is 12.9. The van der Waals surface area contributed by atoms with E-state index in [9.17, 15) is 27.6 Å². The third kappa shape index (κ3) is 5.86. The summed E-state index contributed by atoms with van der Waals surface area (Å²) in [5.74, 6) is -1.51. The van der Waals surface area contributed by atoms with E-state index in [2.05, 4.69) is 5.32 Å². The van der Waals surface area contributed by atoms with Gasteiger partial charge in [-0.15, -0.1) is 0 Å². The highest BCUT2D eigenvalue weighted by atomic mass is 32.2. The van der Waals surface area contributed by atoms with Crippen molar-refractivity contribution in [3.8, 4) is 11.4 Å². The zero-order chi connectivity index (χ0) is 29.4. The minimum absolute atomic E-state index is 0.00194. The summed E-state index contributed by atoms with van der Waals surface area (Å²) in [6, 6.07) is 12.5. The lowest BCUT2D eigenvalue weighted by Crippen LogP contribution is -2.36. The zero-order valence-corrected chi connectivity index (χ0v) is 23.2. The topological polar surface area (TPSA) is 83.9 Å². The maximum Gasteiger partial charge on any atom is 0.416 e. The van der Waals surface area contributed by atoms with Gasteiger partial charge in [0.05, 0.1) is 23.3 Å². The molecule has 1 aliphatic heterocycles. The average Bonchev–Trinajstić information content (AvgIpc) is 3.32. The van der Waals surface area contributed by atoms with Crippen molar-refractivity contribution in [3.63, 3.8) is 0 Å². The van der Waals surface area contributed by atoms with Crippen molar-refractivity contribution >= 4 is 46.3 Å². The molecule has 40 heavy (non-hydrogen) atoms. The highest BCUT2D eigenvalue weighted by Gasteiger charge is 2.37. The molecule has 2 heterocycles. The Morgan fingerprint density at radius 2 is 1.75 bits per heavy atom. The van der Waals surface area contributed by atoms with Crippen LogP contribution in [-0.2, 0) is 15.8 Å². The van der Waals surface area contributed by atoms with Gasteiger partial charge in [-0.1, -0.05) is 0 Å². The second kappa shape index (κ2) is 11.1. The number of hydrogen-bond donors (Lipinski definition) is 1. The van der Waals surface area contributed by atoms with Crippen molar-refractivity contribution in [2.45, 2.75) is 20.0 Å². The number of carbonyl (C=O) groups excluding carboxylic acids is 3. The van der Waals surface area contributed by atoms with Gasteiger partial charge in [0.25, 0.3) is 11.1 Å². The van der Waals surface area contributed by atoms with Crippen molar-refractivity contribution < 1.29 is 32.3 Å². The number of halogens is 3. The van der Waals surface area contributed by atoms with Crippen molar-refractivity contribution in [2.24, 2.45) is 0 Å². The number of ether oxygens (including phenoxy) is 1. The van der Waals surface area contributed by atoms with E-state index in [-0.39, 0.29) is 16.3 Å². The minimum Gasteiger partial charge on any atom is -0.495 e. The van der Waals surface area contributed by atoms with Crippen LogP contribution in [0.2, 0.25) is 0 Å². The fourth-order valence-electron chi connectivity index (χ4n) is 4.32. The number of anilines is 2. The van der Waals surface area contributed by atoms with Gasteiger partial charge in [0.1, 0.15) is 12.3 Å². The highest BCUT2D eigenvalue weighted by Crippen LogP contribution is 2.36. The average molecular weight is 573 g/mol. The third-order valence-electron chi connectivity index (χ3n) is 6.36. The number of nitrogens with one attached hydrogen (secondary N) is 1. The predicted octanol–water partition coefficient (Wildman–Crippen LogP) is 5.86. The molecule has 8 nitrogen and oxygen atoms in total. The summed E-state index contributed by atoms with van der Waals surface area (Å²) in [7, 11) is 5.16. The van der Waals surface area contributed by atoms with Gasteiger partial charge in [-0.3, -0.25) is 19.3 Å². The first-order valence-electron chi connectivity index (χ1n) is 12.1. The number of benzene rings is 2. The molecule has 210 valence electrons. The van der Waals surface area contributed by atoms with Crippen molar-refractivity contribution in [1.29, 1.82) is 0 Å². The van der Waals surface area contributed by atoms with Crippen LogP contribution in [0.4, 0.5) is 29.3 Å². The lowest BCUT2D eigenvalue weighted by molar-refractivity contribution is -0.137. The van der Waals surface area contributed by atoms with Gasteiger partial charge in [0.2, 0.25) is 5.91 Å². The molecule has 1 N–H and O–H groups in total. The molecule has 0 bridgehead atoms. The van der Waals surface area contributed by atoms with Gasteiger partial charge in [-0.25, -0.2) is 0 Å². The fourth-order valence-corrected chi connectivity index (χ4v) is 5.15. The van der Waals surface area contributed by atoms with Crippen LogP contribution in [0, 0.1) is 13.8 Å². The Labute approximate surface area is 233 Å². The van der Waals surface area contributed by atoms with Crippen LogP contribution in [0.25, 0.3) is 11.8 Å². The van der Waals surface area contributed by atoms with E-state index in [1.54, 1.807) is 6.08 Å². The summed E-state index contributed by atoms with van der Waals surface area (Å²) in [5.41, 5.74) is 3.30. The normalized spacial score (nSPS) is 14.7. The van der Waals surface area contributed by atoms with Gasteiger partial charge in [-0.05, 0) is 85.8 Å². The summed E-state index contributed by atoms with van der Waals surface area (Å²) in [4.78, 5) is 41.2. The van der Waals surface area contributed by atoms with Crippen LogP contribution in [-0.4, -0.2) is 54.3 Å². The second-order valence-electron chi connectivity index (χ2n) is 9.30. The molecule has 0 atom stereocenters. The molecular weight excluding hydrogens is 545 g/mol. The lowest BCUT2D eigenvalue weighted by atomic mass is 10.1. The van der Waals surface area contributed by atoms with Crippen molar-refractivity contribution in [1.82, 2.24) is 9.47 Å². The molecule has 0 saturated carbocycles. The zero-order valence-electron chi connectivity index (χ0n) is 22.4. The maximum absolute atomic E-state index is 13.1. The summed E-state index contributed by atoms with van der Waals surface area (Å²) in [6.45, 7) is 3.17. The van der Waals surface area contributed by atoms with Crippen LogP contribution >= 0.6 is 11.8 Å². The van der Waals surface area contributed by atoms with Crippen molar-refractivity contribution in [3.05, 3.63) is 76.0 Å². The van der Waals surface area contributed by atoms with E-state index in [0.29, 0.717) is 11.8 Å². The number of aromatic nitrogens is 1. The number of methoxy groups -OCH3 is 1. The third-order valence-corrected chi connectivity index (χ3v) is 7.26. The van der Waals surface area contributed by atoms with Gasteiger partial charge in [0.15, 0.2) is 0 Å².